The predicted octanol–water partition coefficient (Wildman–Crippen LogP) is 2.28. The monoisotopic (exact) mass is 299 g/mol. The standard InChI is InChI=1S/C14H13N5OS/c1-8-12(21-14(15)18-8)13(20)19-17-7-9-6-16-11-5-3-2-4-10(9)11/h2-7,16H,1H3,(H2,15,18)(H,19,20)/b17-7+. The number of anilines is 1. The number of aromatic nitrogens is 2. The normalized spacial score (nSPS) is 11.3. The highest BCUT2D eigenvalue weighted by Gasteiger charge is 2.13. The summed E-state index contributed by atoms with van der Waals surface area (Å²) in [6.45, 7) is 1.74. The molecular weight excluding hydrogens is 286 g/mol. The first-order chi connectivity index (χ1) is 10.1. The molecule has 21 heavy (non-hydrogen) atoms. The molecule has 0 aliphatic rings. The van der Waals surface area contributed by atoms with Gasteiger partial charge in [-0.3, -0.25) is 4.79 Å². The average molecular weight is 299 g/mol. The molecule has 0 aliphatic carbocycles. The van der Waals surface area contributed by atoms with Crippen LogP contribution in [-0.4, -0.2) is 22.1 Å². The molecule has 2 heterocycles. The van der Waals surface area contributed by atoms with Crippen molar-refractivity contribution in [2.75, 3.05) is 5.73 Å². The van der Waals surface area contributed by atoms with Crippen LogP contribution in [-0.2, 0) is 0 Å². The van der Waals surface area contributed by atoms with Crippen LogP contribution in [0.5, 0.6) is 0 Å². The third kappa shape index (κ3) is 2.63. The van der Waals surface area contributed by atoms with E-state index in [9.17, 15) is 4.79 Å². The number of hydrazone groups is 1. The van der Waals surface area contributed by atoms with Crippen molar-refractivity contribution < 1.29 is 4.79 Å². The maximum Gasteiger partial charge on any atom is 0.283 e. The zero-order valence-electron chi connectivity index (χ0n) is 11.3. The minimum absolute atomic E-state index is 0.308. The number of nitrogens with zero attached hydrogens (tertiary/aromatic N) is 2. The maximum atomic E-state index is 12.0. The number of para-hydroxylation sites is 1. The Balaban J connectivity index is 1.75. The summed E-state index contributed by atoms with van der Waals surface area (Å²) in [5, 5.41) is 5.41. The molecule has 0 bridgehead atoms. The summed E-state index contributed by atoms with van der Waals surface area (Å²) in [6, 6.07) is 7.88. The Morgan fingerprint density at radius 2 is 2.29 bits per heavy atom. The highest BCUT2D eigenvalue weighted by molar-refractivity contribution is 7.17. The molecule has 7 heteroatoms. The van der Waals surface area contributed by atoms with Crippen LogP contribution in [0, 0.1) is 6.92 Å². The third-order valence-corrected chi connectivity index (χ3v) is 4.00. The summed E-state index contributed by atoms with van der Waals surface area (Å²) >= 11 is 1.15. The average Bonchev–Trinajstić information content (AvgIpc) is 3.02. The van der Waals surface area contributed by atoms with Crippen molar-refractivity contribution in [3.05, 3.63) is 46.6 Å². The summed E-state index contributed by atoms with van der Waals surface area (Å²) < 4.78 is 0. The van der Waals surface area contributed by atoms with E-state index in [1.54, 1.807) is 13.1 Å². The van der Waals surface area contributed by atoms with Gasteiger partial charge in [-0.1, -0.05) is 29.5 Å². The highest BCUT2D eigenvalue weighted by atomic mass is 32.1. The van der Waals surface area contributed by atoms with Crippen LogP contribution in [0.1, 0.15) is 20.9 Å². The lowest BCUT2D eigenvalue weighted by molar-refractivity contribution is 0.0958. The van der Waals surface area contributed by atoms with Gasteiger partial charge in [-0.05, 0) is 13.0 Å². The smallest absolute Gasteiger partial charge is 0.283 e. The lowest BCUT2D eigenvalue weighted by Gasteiger charge is -1.96. The molecule has 0 radical (unpaired) electrons. The van der Waals surface area contributed by atoms with Gasteiger partial charge in [0.2, 0.25) is 0 Å². The molecule has 0 spiro atoms. The van der Waals surface area contributed by atoms with Gasteiger partial charge in [0.05, 0.1) is 11.9 Å². The number of aromatic amines is 1. The van der Waals surface area contributed by atoms with Gasteiger partial charge in [0.25, 0.3) is 5.91 Å². The number of aryl methyl sites for hydroxylation is 1. The zero-order valence-corrected chi connectivity index (χ0v) is 12.1. The Morgan fingerprint density at radius 1 is 1.48 bits per heavy atom. The predicted molar refractivity (Wildman–Crippen MR) is 84.6 cm³/mol. The third-order valence-electron chi connectivity index (χ3n) is 3.01. The van der Waals surface area contributed by atoms with Gasteiger partial charge in [-0.15, -0.1) is 0 Å². The first kappa shape index (κ1) is 13.3. The second kappa shape index (κ2) is 5.37. The summed E-state index contributed by atoms with van der Waals surface area (Å²) in [5.74, 6) is -0.308. The number of rotatable bonds is 3. The van der Waals surface area contributed by atoms with Crippen molar-refractivity contribution >= 4 is 39.5 Å². The van der Waals surface area contributed by atoms with Gasteiger partial charge < -0.3 is 10.7 Å². The van der Waals surface area contributed by atoms with E-state index in [-0.39, 0.29) is 5.91 Å². The molecule has 4 N–H and O–H groups in total. The zero-order chi connectivity index (χ0) is 14.8. The largest absolute Gasteiger partial charge is 0.375 e. The number of carbonyl (C=O) groups excluding carboxylic acids is 1. The quantitative estimate of drug-likeness (QED) is 0.511. The lowest BCUT2D eigenvalue weighted by atomic mass is 10.2. The molecular formula is C14H13N5OS. The van der Waals surface area contributed by atoms with Crippen LogP contribution < -0.4 is 11.2 Å². The van der Waals surface area contributed by atoms with Gasteiger partial charge in [0, 0.05) is 22.7 Å². The van der Waals surface area contributed by atoms with Crippen LogP contribution >= 0.6 is 11.3 Å². The molecule has 2 aromatic heterocycles. The number of amides is 1. The molecule has 0 unspecified atom stereocenters. The Kier molecular flexibility index (Phi) is 3.41. The Bertz CT molecular complexity index is 833. The molecule has 1 amide bonds. The number of hydrogen-bond acceptors (Lipinski definition) is 5. The molecule has 0 saturated heterocycles. The van der Waals surface area contributed by atoms with E-state index < -0.39 is 0 Å². The van der Waals surface area contributed by atoms with Gasteiger partial charge in [-0.25, -0.2) is 10.4 Å². The summed E-state index contributed by atoms with van der Waals surface area (Å²) in [5.41, 5.74) is 10.6. The molecule has 106 valence electrons. The first-order valence-corrected chi connectivity index (χ1v) is 7.09. The fraction of sp³-hybridized carbons (Fsp3) is 0.0714. The fourth-order valence-electron chi connectivity index (χ4n) is 2.04. The van der Waals surface area contributed by atoms with Crippen molar-refractivity contribution in [3.8, 4) is 0 Å². The van der Waals surface area contributed by atoms with E-state index in [1.807, 2.05) is 30.5 Å². The molecule has 0 fully saturated rings. The number of benzene rings is 1. The van der Waals surface area contributed by atoms with Gasteiger partial charge in [-0.2, -0.15) is 5.10 Å². The van der Waals surface area contributed by atoms with Crippen LogP contribution in [0.25, 0.3) is 10.9 Å². The van der Waals surface area contributed by atoms with Crippen molar-refractivity contribution in [3.63, 3.8) is 0 Å². The Hall–Kier alpha value is -2.67. The minimum Gasteiger partial charge on any atom is -0.375 e. The first-order valence-electron chi connectivity index (χ1n) is 6.27. The Labute approximate surface area is 124 Å². The summed E-state index contributed by atoms with van der Waals surface area (Å²) in [4.78, 5) is 19.6. The molecule has 0 aliphatic heterocycles. The number of hydrogen-bond donors (Lipinski definition) is 3. The van der Waals surface area contributed by atoms with Crippen LogP contribution in [0.4, 0.5) is 5.13 Å². The number of carbonyl (C=O) groups is 1. The van der Waals surface area contributed by atoms with Crippen LogP contribution in [0.15, 0.2) is 35.6 Å². The van der Waals surface area contributed by atoms with Gasteiger partial charge in [0.15, 0.2) is 5.13 Å². The van der Waals surface area contributed by atoms with Gasteiger partial charge >= 0.3 is 0 Å². The lowest BCUT2D eigenvalue weighted by Crippen LogP contribution is -2.17. The van der Waals surface area contributed by atoms with Crippen LogP contribution in [0.2, 0.25) is 0 Å². The number of nitrogens with one attached hydrogen (secondary N) is 2. The van der Waals surface area contributed by atoms with E-state index in [0.717, 1.165) is 27.8 Å². The summed E-state index contributed by atoms with van der Waals surface area (Å²) in [6.07, 6.45) is 3.45. The maximum absolute atomic E-state index is 12.0. The summed E-state index contributed by atoms with van der Waals surface area (Å²) in [7, 11) is 0. The molecule has 3 aromatic rings. The fourth-order valence-corrected chi connectivity index (χ4v) is 2.76. The second-order valence-electron chi connectivity index (χ2n) is 4.46. The van der Waals surface area contributed by atoms with E-state index >= 15 is 0 Å². The van der Waals surface area contributed by atoms with Crippen molar-refractivity contribution in [1.29, 1.82) is 0 Å². The van der Waals surface area contributed by atoms with E-state index in [1.165, 1.54) is 0 Å². The van der Waals surface area contributed by atoms with Crippen molar-refractivity contribution in [2.24, 2.45) is 5.10 Å². The van der Waals surface area contributed by atoms with Crippen molar-refractivity contribution in [2.45, 2.75) is 6.92 Å². The van der Waals surface area contributed by atoms with E-state index in [2.05, 4.69) is 20.5 Å². The molecule has 3 rings (SSSR count). The second-order valence-corrected chi connectivity index (χ2v) is 5.49. The number of H-pyrrole nitrogens is 1. The molecule has 1 aromatic carbocycles. The molecule has 6 nitrogen and oxygen atoms in total. The highest BCUT2D eigenvalue weighted by Crippen LogP contribution is 2.19. The molecule has 0 saturated carbocycles. The van der Waals surface area contributed by atoms with Crippen molar-refractivity contribution in [1.82, 2.24) is 15.4 Å². The Morgan fingerprint density at radius 3 is 3.05 bits per heavy atom. The van der Waals surface area contributed by atoms with Crippen LogP contribution in [0.3, 0.4) is 0 Å². The minimum atomic E-state index is -0.308. The number of nitrogen functional groups attached to an aromatic ring is 1. The molecule has 0 atom stereocenters. The number of nitrogens with two attached hydrogens (primary N) is 1. The number of thiazole rings is 1. The SMILES string of the molecule is Cc1nc(N)sc1C(=O)N/N=C/c1c[nH]c2ccccc12. The van der Waals surface area contributed by atoms with Gasteiger partial charge in [0.1, 0.15) is 4.88 Å². The number of fused-ring (bicyclic) bond motifs is 1. The van der Waals surface area contributed by atoms with E-state index in [0.29, 0.717) is 15.7 Å². The van der Waals surface area contributed by atoms with E-state index in [4.69, 9.17) is 5.73 Å². The topological polar surface area (TPSA) is 96.2 Å².